The van der Waals surface area contributed by atoms with Gasteiger partial charge >= 0.3 is 0 Å². The van der Waals surface area contributed by atoms with E-state index in [1.807, 2.05) is 10.3 Å². The van der Waals surface area contributed by atoms with Gasteiger partial charge in [0.25, 0.3) is 5.91 Å². The molecule has 2 aliphatic heterocycles. The summed E-state index contributed by atoms with van der Waals surface area (Å²) >= 11 is 1.44. The van der Waals surface area contributed by atoms with Gasteiger partial charge in [-0.1, -0.05) is 0 Å². The van der Waals surface area contributed by atoms with Crippen molar-refractivity contribution < 1.29 is 4.79 Å². The minimum Gasteiger partial charge on any atom is -0.336 e. The van der Waals surface area contributed by atoms with E-state index in [1.54, 1.807) is 18.6 Å². The molecule has 6 nitrogen and oxygen atoms in total. The molecule has 23 heavy (non-hydrogen) atoms. The van der Waals surface area contributed by atoms with Crippen molar-refractivity contribution in [3.63, 3.8) is 0 Å². The molecule has 0 saturated carbocycles. The van der Waals surface area contributed by atoms with Crippen LogP contribution >= 0.6 is 11.3 Å². The average molecular weight is 329 g/mol. The molecule has 0 bridgehead atoms. The Balaban J connectivity index is 1.44. The predicted molar refractivity (Wildman–Crippen MR) is 88.3 cm³/mol. The van der Waals surface area contributed by atoms with Gasteiger partial charge in [0.2, 0.25) is 0 Å². The van der Waals surface area contributed by atoms with Crippen LogP contribution in [0.4, 0.5) is 0 Å². The number of hydrogen-bond acceptors (Lipinski definition) is 6. The summed E-state index contributed by atoms with van der Waals surface area (Å²) in [5.74, 6) is 0.0399. The van der Waals surface area contributed by atoms with Gasteiger partial charge in [-0.15, -0.1) is 11.3 Å². The van der Waals surface area contributed by atoms with Gasteiger partial charge < -0.3 is 4.90 Å². The van der Waals surface area contributed by atoms with E-state index in [2.05, 4.69) is 19.9 Å². The van der Waals surface area contributed by atoms with Crippen LogP contribution in [0.3, 0.4) is 0 Å². The second-order valence-electron chi connectivity index (χ2n) is 6.07. The van der Waals surface area contributed by atoms with E-state index in [0.29, 0.717) is 17.4 Å². The molecule has 4 heterocycles. The maximum atomic E-state index is 12.7. The molecule has 1 unspecified atom stereocenters. The molecule has 1 amide bonds. The Morgan fingerprint density at radius 2 is 2.09 bits per heavy atom. The summed E-state index contributed by atoms with van der Waals surface area (Å²) in [4.78, 5) is 29.9. The van der Waals surface area contributed by atoms with E-state index in [0.717, 1.165) is 24.5 Å². The molecule has 0 aliphatic carbocycles. The Morgan fingerprint density at radius 3 is 2.87 bits per heavy atom. The maximum absolute atomic E-state index is 12.7. The van der Waals surface area contributed by atoms with Crippen LogP contribution in [0.15, 0.2) is 24.0 Å². The molecule has 7 heteroatoms. The van der Waals surface area contributed by atoms with Gasteiger partial charge in [-0.2, -0.15) is 0 Å². The monoisotopic (exact) mass is 329 g/mol. The molecule has 0 radical (unpaired) electrons. The van der Waals surface area contributed by atoms with Crippen LogP contribution in [0.2, 0.25) is 0 Å². The van der Waals surface area contributed by atoms with Crippen LogP contribution in [-0.2, 0) is 0 Å². The number of carbonyl (C=O) groups is 1. The van der Waals surface area contributed by atoms with Gasteiger partial charge in [-0.3, -0.25) is 19.7 Å². The largest absolute Gasteiger partial charge is 0.336 e. The van der Waals surface area contributed by atoms with Crippen LogP contribution < -0.4 is 0 Å². The van der Waals surface area contributed by atoms with Crippen molar-refractivity contribution in [3.8, 4) is 10.7 Å². The number of carbonyl (C=O) groups excluding carboxylic acids is 1. The van der Waals surface area contributed by atoms with Crippen molar-refractivity contribution in [2.24, 2.45) is 0 Å². The third-order valence-corrected chi connectivity index (χ3v) is 5.48. The summed E-state index contributed by atoms with van der Waals surface area (Å²) in [5.41, 5.74) is 1.24. The molecule has 0 aromatic carbocycles. The molecule has 2 fully saturated rings. The molecule has 120 valence electrons. The second-order valence-corrected chi connectivity index (χ2v) is 6.92. The minimum atomic E-state index is 0.0399. The minimum absolute atomic E-state index is 0.0399. The fourth-order valence-corrected chi connectivity index (χ4v) is 4.15. The third kappa shape index (κ3) is 2.98. The number of amides is 1. The molecule has 1 atom stereocenters. The van der Waals surface area contributed by atoms with E-state index < -0.39 is 0 Å². The van der Waals surface area contributed by atoms with Gasteiger partial charge in [-0.05, 0) is 32.4 Å². The van der Waals surface area contributed by atoms with E-state index in [4.69, 9.17) is 0 Å². The van der Waals surface area contributed by atoms with Crippen molar-refractivity contribution >= 4 is 17.2 Å². The molecule has 0 N–H and O–H groups in total. The van der Waals surface area contributed by atoms with Crippen LogP contribution in [0.25, 0.3) is 10.7 Å². The molecule has 2 saturated heterocycles. The van der Waals surface area contributed by atoms with Crippen molar-refractivity contribution in [1.29, 1.82) is 0 Å². The van der Waals surface area contributed by atoms with E-state index >= 15 is 0 Å². The number of rotatable bonds is 3. The summed E-state index contributed by atoms with van der Waals surface area (Å²) in [6.45, 7) is 4.02. The highest BCUT2D eigenvalue weighted by atomic mass is 32.1. The number of thiazole rings is 1. The summed E-state index contributed by atoms with van der Waals surface area (Å²) < 4.78 is 0. The smallest absolute Gasteiger partial charge is 0.273 e. The van der Waals surface area contributed by atoms with Gasteiger partial charge in [0.15, 0.2) is 0 Å². The van der Waals surface area contributed by atoms with Crippen molar-refractivity contribution in [3.05, 3.63) is 29.7 Å². The third-order valence-electron chi connectivity index (χ3n) is 4.61. The Kier molecular flexibility index (Phi) is 4.05. The molecule has 0 spiro atoms. The van der Waals surface area contributed by atoms with Crippen molar-refractivity contribution in [2.75, 3.05) is 26.2 Å². The zero-order valence-electron chi connectivity index (χ0n) is 12.9. The highest BCUT2D eigenvalue weighted by Crippen LogP contribution is 2.24. The first-order valence-electron chi connectivity index (χ1n) is 8.06. The first-order valence-corrected chi connectivity index (χ1v) is 8.94. The first-order chi connectivity index (χ1) is 11.3. The zero-order chi connectivity index (χ0) is 15.6. The van der Waals surface area contributed by atoms with Crippen LogP contribution in [0, 0.1) is 0 Å². The maximum Gasteiger partial charge on any atom is 0.273 e. The Bertz CT molecular complexity index is 683. The SMILES string of the molecule is O=C(c1csc(-c2cnccn2)n1)N1CCC(N2CCCC2)C1. The molecule has 2 aliphatic rings. The predicted octanol–water partition coefficient (Wildman–Crippen LogP) is 1.91. The normalized spacial score (nSPS) is 21.9. The number of aromatic nitrogens is 3. The van der Waals surface area contributed by atoms with Gasteiger partial charge in [0.1, 0.15) is 16.4 Å². The summed E-state index contributed by atoms with van der Waals surface area (Å²) in [7, 11) is 0. The summed E-state index contributed by atoms with van der Waals surface area (Å²) in [6, 6.07) is 0.527. The van der Waals surface area contributed by atoms with Crippen molar-refractivity contribution in [2.45, 2.75) is 25.3 Å². The summed E-state index contributed by atoms with van der Waals surface area (Å²) in [6.07, 6.45) is 8.60. The van der Waals surface area contributed by atoms with E-state index in [-0.39, 0.29) is 5.91 Å². The van der Waals surface area contributed by atoms with Gasteiger partial charge in [0.05, 0.1) is 6.20 Å². The van der Waals surface area contributed by atoms with Crippen LogP contribution in [0.5, 0.6) is 0 Å². The highest BCUT2D eigenvalue weighted by Gasteiger charge is 2.32. The lowest BCUT2D eigenvalue weighted by Gasteiger charge is -2.23. The molecule has 4 rings (SSSR count). The second kappa shape index (κ2) is 6.33. The van der Waals surface area contributed by atoms with Crippen LogP contribution in [0.1, 0.15) is 29.8 Å². The first kappa shape index (κ1) is 14.7. The zero-order valence-corrected chi connectivity index (χ0v) is 13.7. The average Bonchev–Trinajstić information content (AvgIpc) is 3.35. The number of hydrogen-bond donors (Lipinski definition) is 0. The Hall–Kier alpha value is -1.86. The molecule has 2 aromatic rings. The fourth-order valence-electron chi connectivity index (χ4n) is 3.39. The van der Waals surface area contributed by atoms with Crippen LogP contribution in [-0.4, -0.2) is 62.9 Å². The number of nitrogens with zero attached hydrogens (tertiary/aromatic N) is 5. The lowest BCUT2D eigenvalue weighted by Crippen LogP contribution is -2.37. The molecular weight excluding hydrogens is 310 g/mol. The standard InChI is InChI=1S/C16H19N5OS/c22-16(21-8-3-12(10-21)20-6-1-2-7-20)14-11-23-15(19-14)13-9-17-4-5-18-13/h4-5,9,11-12H,1-3,6-8,10H2. The fraction of sp³-hybridized carbons (Fsp3) is 0.500. The highest BCUT2D eigenvalue weighted by molar-refractivity contribution is 7.13. The van der Waals surface area contributed by atoms with Gasteiger partial charge in [0, 0.05) is 36.9 Å². The topological polar surface area (TPSA) is 62.2 Å². The molecule has 2 aromatic heterocycles. The summed E-state index contributed by atoms with van der Waals surface area (Å²) in [5, 5.41) is 2.58. The van der Waals surface area contributed by atoms with Gasteiger partial charge in [-0.25, -0.2) is 4.98 Å². The van der Waals surface area contributed by atoms with E-state index in [9.17, 15) is 4.79 Å². The van der Waals surface area contributed by atoms with E-state index in [1.165, 1.54) is 37.3 Å². The lowest BCUT2D eigenvalue weighted by molar-refractivity contribution is 0.0775. The quantitative estimate of drug-likeness (QED) is 0.861. The lowest BCUT2D eigenvalue weighted by atomic mass is 10.2. The number of likely N-dealkylation sites (tertiary alicyclic amines) is 2. The van der Waals surface area contributed by atoms with Crippen molar-refractivity contribution in [1.82, 2.24) is 24.8 Å². The molecular formula is C16H19N5OS. The Labute approximate surface area is 139 Å². The Morgan fingerprint density at radius 1 is 1.22 bits per heavy atom.